The van der Waals surface area contributed by atoms with E-state index in [-0.39, 0.29) is 23.4 Å². The first-order chi connectivity index (χ1) is 9.27. The predicted octanol–water partition coefficient (Wildman–Crippen LogP) is 2.99. The number of amides is 1. The maximum atomic E-state index is 13.1. The van der Waals surface area contributed by atoms with Gasteiger partial charge in [-0.1, -0.05) is 25.4 Å². The van der Waals surface area contributed by atoms with Crippen LogP contribution in [0, 0.1) is 11.6 Å². The number of nitrogens with one attached hydrogen (secondary N) is 1. The van der Waals surface area contributed by atoms with Gasteiger partial charge in [0.2, 0.25) is 0 Å². The zero-order chi connectivity index (χ0) is 15.5. The molecule has 0 atom stereocenters. The van der Waals surface area contributed by atoms with E-state index in [1.807, 2.05) is 0 Å². The van der Waals surface area contributed by atoms with Gasteiger partial charge in [-0.15, -0.1) is 0 Å². The number of rotatable bonds is 5. The second-order valence-corrected chi connectivity index (χ2v) is 4.70. The van der Waals surface area contributed by atoms with E-state index < -0.39 is 29.0 Å². The van der Waals surface area contributed by atoms with Crippen LogP contribution >= 0.6 is 11.6 Å². The van der Waals surface area contributed by atoms with Crippen LogP contribution in [0.15, 0.2) is 12.1 Å². The molecule has 0 unspecified atom stereocenters. The number of halogens is 3. The Morgan fingerprint density at radius 3 is 2.20 bits per heavy atom. The summed E-state index contributed by atoms with van der Waals surface area (Å²) in [4.78, 5) is 23.3. The topological polar surface area (TPSA) is 66.4 Å². The van der Waals surface area contributed by atoms with Gasteiger partial charge in [0.1, 0.15) is 5.54 Å². The number of hydrogen-bond donors (Lipinski definition) is 2. The first-order valence-electron chi connectivity index (χ1n) is 5.97. The van der Waals surface area contributed by atoms with Gasteiger partial charge >= 0.3 is 5.97 Å². The van der Waals surface area contributed by atoms with Crippen molar-refractivity contribution < 1.29 is 23.5 Å². The molecule has 1 aromatic rings. The molecule has 1 amide bonds. The van der Waals surface area contributed by atoms with Gasteiger partial charge in [-0.2, -0.15) is 0 Å². The van der Waals surface area contributed by atoms with Crippen LogP contribution in [0.25, 0.3) is 0 Å². The summed E-state index contributed by atoms with van der Waals surface area (Å²) in [6.07, 6.45) is 0.289. The normalized spacial score (nSPS) is 11.2. The molecular weight excluding hydrogens is 292 g/mol. The van der Waals surface area contributed by atoms with Crippen LogP contribution < -0.4 is 5.32 Å². The van der Waals surface area contributed by atoms with Gasteiger partial charge in [0.05, 0.1) is 10.6 Å². The van der Waals surface area contributed by atoms with E-state index >= 15 is 0 Å². The molecule has 0 aromatic heterocycles. The Bertz CT molecular complexity index is 545. The highest BCUT2D eigenvalue weighted by atomic mass is 35.5. The van der Waals surface area contributed by atoms with Crippen LogP contribution in [-0.2, 0) is 4.79 Å². The SMILES string of the molecule is CCC(CC)(NC(=O)c1cc(F)c(F)cc1Cl)C(=O)O. The van der Waals surface area contributed by atoms with E-state index in [4.69, 9.17) is 11.6 Å². The van der Waals surface area contributed by atoms with Crippen molar-refractivity contribution in [3.63, 3.8) is 0 Å². The summed E-state index contributed by atoms with van der Waals surface area (Å²) in [7, 11) is 0. The number of benzene rings is 1. The molecule has 110 valence electrons. The van der Waals surface area contributed by atoms with E-state index in [0.29, 0.717) is 12.1 Å². The Morgan fingerprint density at radius 1 is 1.25 bits per heavy atom. The predicted molar refractivity (Wildman–Crippen MR) is 69.8 cm³/mol. The largest absolute Gasteiger partial charge is 0.480 e. The van der Waals surface area contributed by atoms with Gasteiger partial charge < -0.3 is 10.4 Å². The molecule has 0 saturated carbocycles. The van der Waals surface area contributed by atoms with Crippen LogP contribution in [0.1, 0.15) is 37.0 Å². The molecule has 0 bridgehead atoms. The summed E-state index contributed by atoms with van der Waals surface area (Å²) in [6.45, 7) is 3.20. The van der Waals surface area contributed by atoms with E-state index in [9.17, 15) is 23.5 Å². The maximum absolute atomic E-state index is 13.1. The van der Waals surface area contributed by atoms with Gasteiger partial charge in [-0.3, -0.25) is 4.79 Å². The number of carbonyl (C=O) groups excluding carboxylic acids is 1. The molecule has 1 aromatic carbocycles. The number of carboxylic acid groups (broad SMARTS) is 1. The number of carboxylic acids is 1. The molecule has 1 rings (SSSR count). The fourth-order valence-electron chi connectivity index (χ4n) is 1.76. The minimum absolute atomic E-state index is 0.145. The second-order valence-electron chi connectivity index (χ2n) is 4.29. The molecule has 4 nitrogen and oxygen atoms in total. The summed E-state index contributed by atoms with van der Waals surface area (Å²) in [6, 6.07) is 1.32. The summed E-state index contributed by atoms with van der Waals surface area (Å²) >= 11 is 5.68. The molecule has 0 aliphatic heterocycles. The second kappa shape index (κ2) is 6.17. The Kier molecular flexibility index (Phi) is 5.05. The Balaban J connectivity index is 3.13. The lowest BCUT2D eigenvalue weighted by Crippen LogP contribution is -2.53. The molecule has 0 fully saturated rings. The average molecular weight is 306 g/mol. The van der Waals surface area contributed by atoms with Crippen LogP contribution in [0.2, 0.25) is 5.02 Å². The highest BCUT2D eigenvalue weighted by molar-refractivity contribution is 6.33. The molecular formula is C13H14ClF2NO3. The maximum Gasteiger partial charge on any atom is 0.329 e. The molecule has 0 spiro atoms. The fraction of sp³-hybridized carbons (Fsp3) is 0.385. The smallest absolute Gasteiger partial charge is 0.329 e. The molecule has 20 heavy (non-hydrogen) atoms. The third-order valence-electron chi connectivity index (χ3n) is 3.22. The van der Waals surface area contributed by atoms with Gasteiger partial charge in [-0.05, 0) is 25.0 Å². The van der Waals surface area contributed by atoms with Gasteiger partial charge in [-0.25, -0.2) is 13.6 Å². The van der Waals surface area contributed by atoms with E-state index in [1.165, 1.54) is 0 Å². The van der Waals surface area contributed by atoms with E-state index in [2.05, 4.69) is 5.32 Å². The molecule has 2 N–H and O–H groups in total. The van der Waals surface area contributed by atoms with Crippen molar-refractivity contribution in [2.75, 3.05) is 0 Å². The summed E-state index contributed by atoms with van der Waals surface area (Å²) in [5.74, 6) is -4.47. The highest BCUT2D eigenvalue weighted by Crippen LogP contribution is 2.22. The van der Waals surface area contributed by atoms with Crippen LogP contribution in [0.4, 0.5) is 8.78 Å². The van der Waals surface area contributed by atoms with Crippen molar-refractivity contribution in [1.29, 1.82) is 0 Å². The van der Waals surface area contributed by atoms with Crippen LogP contribution in [-0.4, -0.2) is 22.5 Å². The minimum atomic E-state index is -1.47. The molecule has 7 heteroatoms. The first kappa shape index (κ1) is 16.4. The third kappa shape index (κ3) is 3.07. The van der Waals surface area contributed by atoms with Crippen molar-refractivity contribution in [2.45, 2.75) is 32.2 Å². The number of carbonyl (C=O) groups is 2. The summed E-state index contributed by atoms with van der Waals surface area (Å²) in [5, 5.41) is 11.2. The lowest BCUT2D eigenvalue weighted by molar-refractivity contribution is -0.144. The standard InChI is InChI=1S/C13H14ClF2NO3/c1-3-13(4-2,12(19)20)17-11(18)7-5-9(15)10(16)6-8(7)14/h5-6H,3-4H2,1-2H3,(H,17,18)(H,19,20). The minimum Gasteiger partial charge on any atom is -0.480 e. The Hall–Kier alpha value is -1.69. The molecule has 0 saturated heterocycles. The van der Waals surface area contributed by atoms with Crippen LogP contribution in [0.3, 0.4) is 0 Å². The van der Waals surface area contributed by atoms with Crippen molar-refractivity contribution >= 4 is 23.5 Å². The monoisotopic (exact) mass is 305 g/mol. The Morgan fingerprint density at radius 2 is 1.75 bits per heavy atom. The van der Waals surface area contributed by atoms with Crippen molar-refractivity contribution in [2.24, 2.45) is 0 Å². The van der Waals surface area contributed by atoms with Crippen molar-refractivity contribution in [3.05, 3.63) is 34.4 Å². The number of aliphatic carboxylic acids is 1. The van der Waals surface area contributed by atoms with Gasteiger partial charge in [0, 0.05) is 0 Å². The fourth-order valence-corrected chi connectivity index (χ4v) is 2.00. The number of hydrogen-bond acceptors (Lipinski definition) is 2. The summed E-state index contributed by atoms with van der Waals surface area (Å²) < 4.78 is 26.1. The molecule has 0 heterocycles. The van der Waals surface area contributed by atoms with Gasteiger partial charge in [0.15, 0.2) is 11.6 Å². The molecule has 0 aliphatic carbocycles. The zero-order valence-electron chi connectivity index (χ0n) is 11.0. The zero-order valence-corrected chi connectivity index (χ0v) is 11.7. The quantitative estimate of drug-likeness (QED) is 0.822. The Labute approximate surface area is 119 Å². The first-order valence-corrected chi connectivity index (χ1v) is 6.35. The van der Waals surface area contributed by atoms with E-state index in [0.717, 1.165) is 0 Å². The summed E-state index contributed by atoms with van der Waals surface area (Å²) in [5.41, 5.74) is -1.77. The third-order valence-corrected chi connectivity index (χ3v) is 3.54. The molecule has 0 aliphatic rings. The average Bonchev–Trinajstić information content (AvgIpc) is 2.39. The lowest BCUT2D eigenvalue weighted by atomic mass is 9.92. The van der Waals surface area contributed by atoms with Crippen LogP contribution in [0.5, 0.6) is 0 Å². The van der Waals surface area contributed by atoms with Crippen molar-refractivity contribution in [1.82, 2.24) is 5.32 Å². The highest BCUT2D eigenvalue weighted by Gasteiger charge is 2.37. The molecule has 0 radical (unpaired) electrons. The van der Waals surface area contributed by atoms with Gasteiger partial charge in [0.25, 0.3) is 5.91 Å². The lowest BCUT2D eigenvalue weighted by Gasteiger charge is -2.28. The van der Waals surface area contributed by atoms with Crippen molar-refractivity contribution in [3.8, 4) is 0 Å². The van der Waals surface area contributed by atoms with E-state index in [1.54, 1.807) is 13.8 Å².